The Labute approximate surface area is 75.5 Å². The Morgan fingerprint density at radius 2 is 2.23 bits per heavy atom. The van der Waals surface area contributed by atoms with Gasteiger partial charge in [-0.3, -0.25) is 10.1 Å². The van der Waals surface area contributed by atoms with Crippen LogP contribution in [0, 0.1) is 22.0 Å². The lowest BCUT2D eigenvalue weighted by Crippen LogP contribution is -1.93. The molecule has 0 spiro atoms. The number of nitrogens with two attached hydrogens (primary N) is 1. The molecular formula is C9H8N2O2. The van der Waals surface area contributed by atoms with E-state index in [1.165, 1.54) is 18.2 Å². The number of benzene rings is 1. The minimum Gasteiger partial charge on any atom is -0.398 e. The SMILES string of the molecule is CC#Cc1cc([N+](=O)[O-])ccc1N. The molecule has 1 rings (SSSR count). The van der Waals surface area contributed by atoms with Gasteiger partial charge in [-0.05, 0) is 13.0 Å². The summed E-state index contributed by atoms with van der Waals surface area (Å²) < 4.78 is 0. The highest BCUT2D eigenvalue weighted by Gasteiger charge is 2.06. The average molecular weight is 176 g/mol. The Kier molecular flexibility index (Phi) is 2.50. The maximum Gasteiger partial charge on any atom is 0.270 e. The molecule has 2 N–H and O–H groups in total. The van der Waals surface area contributed by atoms with Crippen molar-refractivity contribution in [3.8, 4) is 11.8 Å². The zero-order valence-corrected chi connectivity index (χ0v) is 7.07. The number of anilines is 1. The summed E-state index contributed by atoms with van der Waals surface area (Å²) in [6, 6.07) is 4.21. The third-order valence-electron chi connectivity index (χ3n) is 1.51. The maximum atomic E-state index is 10.4. The monoisotopic (exact) mass is 176 g/mol. The van der Waals surface area contributed by atoms with Crippen molar-refractivity contribution in [1.29, 1.82) is 0 Å². The van der Waals surface area contributed by atoms with Crippen LogP contribution in [0.3, 0.4) is 0 Å². The Balaban J connectivity index is 3.24. The molecule has 0 aliphatic rings. The van der Waals surface area contributed by atoms with Crippen LogP contribution in [0.5, 0.6) is 0 Å². The van der Waals surface area contributed by atoms with Gasteiger partial charge in [0.1, 0.15) is 0 Å². The zero-order chi connectivity index (χ0) is 9.84. The van der Waals surface area contributed by atoms with E-state index in [1.807, 2.05) is 0 Å². The van der Waals surface area contributed by atoms with E-state index >= 15 is 0 Å². The Hall–Kier alpha value is -2.02. The summed E-state index contributed by atoms with van der Waals surface area (Å²) in [5.74, 6) is 5.33. The van der Waals surface area contributed by atoms with Gasteiger partial charge in [0.05, 0.1) is 10.5 Å². The molecule has 0 saturated heterocycles. The van der Waals surface area contributed by atoms with Gasteiger partial charge in [-0.15, -0.1) is 5.92 Å². The van der Waals surface area contributed by atoms with Gasteiger partial charge in [0, 0.05) is 17.8 Å². The molecule has 0 saturated carbocycles. The first kappa shape index (κ1) is 9.07. The highest BCUT2D eigenvalue weighted by atomic mass is 16.6. The van der Waals surface area contributed by atoms with Gasteiger partial charge in [-0.25, -0.2) is 0 Å². The van der Waals surface area contributed by atoms with Crippen molar-refractivity contribution in [3.63, 3.8) is 0 Å². The number of rotatable bonds is 1. The second kappa shape index (κ2) is 3.59. The topological polar surface area (TPSA) is 69.2 Å². The van der Waals surface area contributed by atoms with E-state index in [0.717, 1.165) is 0 Å². The minimum atomic E-state index is -0.472. The lowest BCUT2D eigenvalue weighted by molar-refractivity contribution is -0.384. The van der Waals surface area contributed by atoms with E-state index in [1.54, 1.807) is 6.92 Å². The summed E-state index contributed by atoms with van der Waals surface area (Å²) in [6.45, 7) is 1.65. The van der Waals surface area contributed by atoms with Crippen molar-refractivity contribution in [3.05, 3.63) is 33.9 Å². The first-order valence-electron chi connectivity index (χ1n) is 3.62. The van der Waals surface area contributed by atoms with Crippen LogP contribution in [0.1, 0.15) is 12.5 Å². The van der Waals surface area contributed by atoms with Gasteiger partial charge in [-0.2, -0.15) is 0 Å². The van der Waals surface area contributed by atoms with Crippen molar-refractivity contribution in [2.75, 3.05) is 5.73 Å². The van der Waals surface area contributed by atoms with Crippen LogP contribution in [0.4, 0.5) is 11.4 Å². The van der Waals surface area contributed by atoms with Gasteiger partial charge < -0.3 is 5.73 Å². The lowest BCUT2D eigenvalue weighted by Gasteiger charge is -1.96. The largest absolute Gasteiger partial charge is 0.398 e. The molecule has 4 nitrogen and oxygen atoms in total. The molecule has 0 heterocycles. The van der Waals surface area contributed by atoms with Gasteiger partial charge in [0.25, 0.3) is 5.69 Å². The van der Waals surface area contributed by atoms with E-state index in [2.05, 4.69) is 11.8 Å². The van der Waals surface area contributed by atoms with Crippen LogP contribution in [0.2, 0.25) is 0 Å². The summed E-state index contributed by atoms with van der Waals surface area (Å²) in [5, 5.41) is 10.4. The predicted molar refractivity (Wildman–Crippen MR) is 50.1 cm³/mol. The molecule has 13 heavy (non-hydrogen) atoms. The lowest BCUT2D eigenvalue weighted by atomic mass is 10.1. The third kappa shape index (κ3) is 1.97. The number of nitrogen functional groups attached to an aromatic ring is 1. The summed E-state index contributed by atoms with van der Waals surface area (Å²) in [7, 11) is 0. The van der Waals surface area contributed by atoms with Crippen LogP contribution in [-0.4, -0.2) is 4.92 Å². The number of nitrogens with zero attached hydrogens (tertiary/aromatic N) is 1. The van der Waals surface area contributed by atoms with E-state index in [4.69, 9.17) is 5.73 Å². The summed E-state index contributed by atoms with van der Waals surface area (Å²) in [4.78, 5) is 9.91. The molecule has 66 valence electrons. The Bertz CT molecular complexity index is 402. The quantitative estimate of drug-likeness (QED) is 0.305. The van der Waals surface area contributed by atoms with Crippen LogP contribution >= 0.6 is 0 Å². The van der Waals surface area contributed by atoms with Gasteiger partial charge >= 0.3 is 0 Å². The van der Waals surface area contributed by atoms with Gasteiger partial charge in [0.2, 0.25) is 0 Å². The smallest absolute Gasteiger partial charge is 0.270 e. The molecule has 0 unspecified atom stereocenters. The Morgan fingerprint density at radius 1 is 1.54 bits per heavy atom. The number of non-ortho nitro benzene ring substituents is 1. The van der Waals surface area contributed by atoms with Crippen LogP contribution in [0.15, 0.2) is 18.2 Å². The highest BCUT2D eigenvalue weighted by molar-refractivity contribution is 5.59. The van der Waals surface area contributed by atoms with E-state index in [9.17, 15) is 10.1 Å². The summed E-state index contributed by atoms with van der Waals surface area (Å²) in [6.07, 6.45) is 0. The van der Waals surface area contributed by atoms with E-state index in [0.29, 0.717) is 11.3 Å². The second-order valence-electron chi connectivity index (χ2n) is 2.40. The molecule has 0 fully saturated rings. The maximum absolute atomic E-state index is 10.4. The molecule has 0 radical (unpaired) electrons. The van der Waals surface area contributed by atoms with Crippen LogP contribution < -0.4 is 5.73 Å². The molecule has 0 bridgehead atoms. The molecular weight excluding hydrogens is 168 g/mol. The first-order valence-corrected chi connectivity index (χ1v) is 3.62. The molecule has 0 aliphatic heterocycles. The first-order chi connectivity index (χ1) is 6.15. The standard InChI is InChI=1S/C9H8N2O2/c1-2-3-7-6-8(11(12)13)4-5-9(7)10/h4-6H,10H2,1H3. The fraction of sp³-hybridized carbons (Fsp3) is 0.111. The molecule has 0 aliphatic carbocycles. The predicted octanol–water partition coefficient (Wildman–Crippen LogP) is 1.55. The molecule has 0 amide bonds. The van der Waals surface area contributed by atoms with Crippen LogP contribution in [0.25, 0.3) is 0 Å². The minimum absolute atomic E-state index is 0.00644. The van der Waals surface area contributed by atoms with Crippen molar-refractivity contribution in [1.82, 2.24) is 0 Å². The molecule has 1 aromatic rings. The van der Waals surface area contributed by atoms with Crippen molar-refractivity contribution in [2.45, 2.75) is 6.92 Å². The van der Waals surface area contributed by atoms with Crippen molar-refractivity contribution >= 4 is 11.4 Å². The fourth-order valence-corrected chi connectivity index (χ4v) is 0.901. The average Bonchev–Trinajstić information content (AvgIpc) is 2.08. The van der Waals surface area contributed by atoms with Crippen molar-refractivity contribution in [2.24, 2.45) is 0 Å². The van der Waals surface area contributed by atoms with Crippen LogP contribution in [-0.2, 0) is 0 Å². The van der Waals surface area contributed by atoms with Crippen molar-refractivity contribution < 1.29 is 4.92 Å². The normalized spacial score (nSPS) is 8.69. The van der Waals surface area contributed by atoms with E-state index in [-0.39, 0.29) is 5.69 Å². The number of nitro groups is 1. The second-order valence-corrected chi connectivity index (χ2v) is 2.40. The fourth-order valence-electron chi connectivity index (χ4n) is 0.901. The molecule has 0 aromatic heterocycles. The number of hydrogen-bond donors (Lipinski definition) is 1. The molecule has 4 heteroatoms. The highest BCUT2D eigenvalue weighted by Crippen LogP contribution is 2.18. The molecule has 0 atom stereocenters. The van der Waals surface area contributed by atoms with Gasteiger partial charge in [-0.1, -0.05) is 5.92 Å². The third-order valence-corrected chi connectivity index (χ3v) is 1.51. The Morgan fingerprint density at radius 3 is 2.77 bits per heavy atom. The molecule has 1 aromatic carbocycles. The summed E-state index contributed by atoms with van der Waals surface area (Å²) >= 11 is 0. The van der Waals surface area contributed by atoms with Gasteiger partial charge in [0.15, 0.2) is 0 Å². The number of hydrogen-bond acceptors (Lipinski definition) is 3. The zero-order valence-electron chi connectivity index (χ0n) is 7.07. The number of nitro benzene ring substituents is 1. The summed E-state index contributed by atoms with van der Waals surface area (Å²) in [5.41, 5.74) is 6.51. The van der Waals surface area contributed by atoms with E-state index < -0.39 is 4.92 Å².